The third kappa shape index (κ3) is 4.99. The van der Waals surface area contributed by atoms with Crippen LogP contribution in [0.5, 0.6) is 0 Å². The molecule has 1 aliphatic rings. The second-order valence-corrected chi connectivity index (χ2v) is 7.42. The molecule has 2 amide bonds. The summed E-state index contributed by atoms with van der Waals surface area (Å²) < 4.78 is 22.6. The summed E-state index contributed by atoms with van der Waals surface area (Å²) in [6, 6.07) is -0.740. The maximum atomic E-state index is 12.0. The van der Waals surface area contributed by atoms with Crippen LogP contribution in [0.1, 0.15) is 26.7 Å². The predicted molar refractivity (Wildman–Crippen MR) is 74.3 cm³/mol. The van der Waals surface area contributed by atoms with Crippen LogP contribution < -0.4 is 5.32 Å². The summed E-state index contributed by atoms with van der Waals surface area (Å²) in [7, 11) is -2.94. The summed E-state index contributed by atoms with van der Waals surface area (Å²) in [5, 5.41) is 11.4. The van der Waals surface area contributed by atoms with Crippen LogP contribution in [-0.2, 0) is 14.6 Å². The number of nitrogens with zero attached hydrogens (tertiary/aromatic N) is 1. The minimum atomic E-state index is -2.94. The summed E-state index contributed by atoms with van der Waals surface area (Å²) in [6.45, 7) is 4.17. The Morgan fingerprint density at radius 3 is 2.55 bits per heavy atom. The van der Waals surface area contributed by atoms with E-state index < -0.39 is 21.8 Å². The Balaban J connectivity index is 2.46. The second-order valence-electron chi connectivity index (χ2n) is 5.19. The minimum Gasteiger partial charge on any atom is -0.481 e. The number of aliphatic carboxylic acids is 1. The number of rotatable bonds is 6. The van der Waals surface area contributed by atoms with E-state index in [1.165, 1.54) is 4.90 Å². The summed E-state index contributed by atoms with van der Waals surface area (Å²) in [4.78, 5) is 24.1. The van der Waals surface area contributed by atoms with Gasteiger partial charge in [0.1, 0.15) is 0 Å². The zero-order chi connectivity index (χ0) is 15.3. The van der Waals surface area contributed by atoms with E-state index in [2.05, 4.69) is 5.32 Å². The van der Waals surface area contributed by atoms with Crippen LogP contribution in [0.4, 0.5) is 4.79 Å². The molecule has 0 aromatic heterocycles. The van der Waals surface area contributed by atoms with Crippen LogP contribution in [0.3, 0.4) is 0 Å². The van der Waals surface area contributed by atoms with E-state index >= 15 is 0 Å². The van der Waals surface area contributed by atoms with Crippen molar-refractivity contribution in [3.8, 4) is 0 Å². The molecule has 0 aromatic rings. The number of nitrogens with one attached hydrogen (secondary N) is 1. The van der Waals surface area contributed by atoms with Gasteiger partial charge in [-0.3, -0.25) is 4.79 Å². The molecule has 8 heteroatoms. The van der Waals surface area contributed by atoms with E-state index in [9.17, 15) is 18.0 Å². The van der Waals surface area contributed by atoms with E-state index in [-0.39, 0.29) is 29.9 Å². The van der Waals surface area contributed by atoms with E-state index in [1.54, 1.807) is 13.8 Å². The number of urea groups is 1. The molecule has 2 N–H and O–H groups in total. The number of sulfone groups is 1. The van der Waals surface area contributed by atoms with Crippen molar-refractivity contribution in [1.29, 1.82) is 0 Å². The summed E-state index contributed by atoms with van der Waals surface area (Å²) in [5.74, 6) is -0.701. The molecule has 1 rings (SSSR count). The van der Waals surface area contributed by atoms with Crippen molar-refractivity contribution in [3.63, 3.8) is 0 Å². The third-order valence-electron chi connectivity index (χ3n) is 3.47. The maximum absolute atomic E-state index is 12.0. The third-order valence-corrected chi connectivity index (χ3v) is 5.31. The second kappa shape index (κ2) is 6.92. The molecule has 0 aromatic carbocycles. The van der Waals surface area contributed by atoms with Gasteiger partial charge in [-0.1, -0.05) is 0 Å². The number of carbonyl (C=O) groups excluding carboxylic acids is 1. The van der Waals surface area contributed by atoms with Gasteiger partial charge < -0.3 is 15.3 Å². The smallest absolute Gasteiger partial charge is 0.317 e. The van der Waals surface area contributed by atoms with Gasteiger partial charge in [-0.25, -0.2) is 13.2 Å². The summed E-state index contributed by atoms with van der Waals surface area (Å²) in [6.07, 6.45) is 0.457. The van der Waals surface area contributed by atoms with Gasteiger partial charge in [-0.2, -0.15) is 0 Å². The SMILES string of the molecule is CCN(C(=O)NCC1CCS(=O)(=O)C1)C(C)CC(=O)O. The zero-order valence-electron chi connectivity index (χ0n) is 11.8. The van der Waals surface area contributed by atoms with Gasteiger partial charge in [0.2, 0.25) is 0 Å². The topological polar surface area (TPSA) is 104 Å². The average Bonchev–Trinajstić information content (AvgIpc) is 2.66. The van der Waals surface area contributed by atoms with Crippen molar-refractivity contribution in [2.45, 2.75) is 32.7 Å². The van der Waals surface area contributed by atoms with Crippen molar-refractivity contribution in [3.05, 3.63) is 0 Å². The number of carbonyl (C=O) groups is 2. The van der Waals surface area contributed by atoms with Crippen molar-refractivity contribution in [2.75, 3.05) is 24.6 Å². The molecule has 2 atom stereocenters. The Hall–Kier alpha value is -1.31. The standard InChI is InChI=1S/C12H22N2O5S/c1-3-14(9(2)6-11(15)16)12(17)13-7-10-4-5-20(18,19)8-10/h9-10H,3-8H2,1-2H3,(H,13,17)(H,15,16). The highest BCUT2D eigenvalue weighted by Gasteiger charge is 2.29. The fourth-order valence-electron chi connectivity index (χ4n) is 2.38. The van der Waals surface area contributed by atoms with E-state index in [0.717, 1.165) is 0 Å². The highest BCUT2D eigenvalue weighted by atomic mass is 32.2. The number of carboxylic acid groups (broad SMARTS) is 1. The van der Waals surface area contributed by atoms with Gasteiger partial charge >= 0.3 is 12.0 Å². The number of hydrogen-bond acceptors (Lipinski definition) is 4. The average molecular weight is 306 g/mol. The van der Waals surface area contributed by atoms with Crippen LogP contribution in [0.15, 0.2) is 0 Å². The molecule has 0 saturated carbocycles. The van der Waals surface area contributed by atoms with E-state index in [0.29, 0.717) is 19.5 Å². The molecule has 7 nitrogen and oxygen atoms in total. The molecule has 0 aliphatic carbocycles. The lowest BCUT2D eigenvalue weighted by Gasteiger charge is -2.27. The number of carboxylic acids is 1. The lowest BCUT2D eigenvalue weighted by molar-refractivity contribution is -0.138. The molecular weight excluding hydrogens is 284 g/mol. The maximum Gasteiger partial charge on any atom is 0.317 e. The molecule has 2 unspecified atom stereocenters. The van der Waals surface area contributed by atoms with Crippen molar-refractivity contribution < 1.29 is 23.1 Å². The van der Waals surface area contributed by atoms with Crippen LogP contribution in [0, 0.1) is 5.92 Å². The fourth-order valence-corrected chi connectivity index (χ4v) is 4.25. The molecule has 1 aliphatic heterocycles. The molecule has 1 saturated heterocycles. The van der Waals surface area contributed by atoms with Crippen LogP contribution in [-0.4, -0.2) is 61.1 Å². The van der Waals surface area contributed by atoms with Crippen molar-refractivity contribution >= 4 is 21.8 Å². The molecule has 1 fully saturated rings. The predicted octanol–water partition coefficient (Wildman–Crippen LogP) is 0.316. The van der Waals surface area contributed by atoms with E-state index in [1.807, 2.05) is 0 Å². The summed E-state index contributed by atoms with van der Waals surface area (Å²) in [5.41, 5.74) is 0. The lowest BCUT2D eigenvalue weighted by Crippen LogP contribution is -2.46. The van der Waals surface area contributed by atoms with Crippen molar-refractivity contribution in [1.82, 2.24) is 10.2 Å². The van der Waals surface area contributed by atoms with Gasteiger partial charge in [-0.05, 0) is 26.2 Å². The highest BCUT2D eigenvalue weighted by Crippen LogP contribution is 2.17. The molecule has 1 heterocycles. The molecule has 0 spiro atoms. The van der Waals surface area contributed by atoms with Crippen molar-refractivity contribution in [2.24, 2.45) is 5.92 Å². The molecule has 20 heavy (non-hydrogen) atoms. The normalized spacial score (nSPS) is 22.2. The monoisotopic (exact) mass is 306 g/mol. The highest BCUT2D eigenvalue weighted by molar-refractivity contribution is 7.91. The van der Waals surface area contributed by atoms with Crippen LogP contribution in [0.25, 0.3) is 0 Å². The van der Waals surface area contributed by atoms with Crippen LogP contribution >= 0.6 is 0 Å². The Morgan fingerprint density at radius 1 is 1.45 bits per heavy atom. The minimum absolute atomic E-state index is 0.0440. The number of amides is 2. The van der Waals surface area contributed by atoms with Gasteiger partial charge in [0, 0.05) is 19.1 Å². The molecule has 116 valence electrons. The Morgan fingerprint density at radius 2 is 2.10 bits per heavy atom. The fraction of sp³-hybridized carbons (Fsp3) is 0.833. The first-order valence-corrected chi connectivity index (χ1v) is 8.54. The Bertz CT molecular complexity index is 462. The first kappa shape index (κ1) is 16.7. The van der Waals surface area contributed by atoms with Gasteiger partial charge in [0.25, 0.3) is 0 Å². The Labute approximate surface area is 119 Å². The molecular formula is C12H22N2O5S. The number of hydrogen-bond donors (Lipinski definition) is 2. The molecule has 0 bridgehead atoms. The summed E-state index contributed by atoms with van der Waals surface area (Å²) >= 11 is 0. The van der Waals surface area contributed by atoms with E-state index in [4.69, 9.17) is 5.11 Å². The van der Waals surface area contributed by atoms with Gasteiger partial charge in [0.05, 0.1) is 17.9 Å². The first-order valence-electron chi connectivity index (χ1n) is 6.72. The first-order chi connectivity index (χ1) is 9.25. The van der Waals surface area contributed by atoms with Gasteiger partial charge in [-0.15, -0.1) is 0 Å². The largest absolute Gasteiger partial charge is 0.481 e. The lowest BCUT2D eigenvalue weighted by atomic mass is 10.1. The quantitative estimate of drug-likeness (QED) is 0.735. The van der Waals surface area contributed by atoms with Gasteiger partial charge in [0.15, 0.2) is 9.84 Å². The Kier molecular flexibility index (Phi) is 5.79. The zero-order valence-corrected chi connectivity index (χ0v) is 12.6. The van der Waals surface area contributed by atoms with Crippen LogP contribution in [0.2, 0.25) is 0 Å². The molecule has 0 radical (unpaired) electrons.